The fourth-order valence-electron chi connectivity index (χ4n) is 2.01. The lowest BCUT2D eigenvalue weighted by Crippen LogP contribution is -2.47. The minimum atomic E-state index is -3.71. The van der Waals surface area contributed by atoms with Gasteiger partial charge in [-0.1, -0.05) is 0 Å². The highest BCUT2D eigenvalue weighted by Crippen LogP contribution is 2.24. The van der Waals surface area contributed by atoms with E-state index >= 15 is 0 Å². The van der Waals surface area contributed by atoms with Crippen molar-refractivity contribution in [2.75, 3.05) is 19.4 Å². The monoisotopic (exact) mass is 299 g/mol. The maximum absolute atomic E-state index is 12.3. The lowest BCUT2D eigenvalue weighted by atomic mass is 10.1. The largest absolute Gasteiger partial charge is 0.497 e. The van der Waals surface area contributed by atoms with Gasteiger partial charge in [-0.15, -0.1) is 0 Å². The van der Waals surface area contributed by atoms with E-state index in [1.807, 2.05) is 0 Å². The third-order valence-electron chi connectivity index (χ3n) is 3.09. The lowest BCUT2D eigenvalue weighted by Gasteiger charge is -2.23. The van der Waals surface area contributed by atoms with Gasteiger partial charge in [0.1, 0.15) is 10.6 Å². The number of nitrogens with one attached hydrogen (secondary N) is 2. The first-order chi connectivity index (χ1) is 9.42. The molecule has 0 saturated carbocycles. The van der Waals surface area contributed by atoms with Crippen molar-refractivity contribution in [2.24, 2.45) is 0 Å². The summed E-state index contributed by atoms with van der Waals surface area (Å²) in [5.41, 5.74) is 5.86. The van der Waals surface area contributed by atoms with Crippen LogP contribution in [0.2, 0.25) is 0 Å². The Labute approximate surface area is 117 Å². The van der Waals surface area contributed by atoms with Crippen LogP contribution in [0, 0.1) is 0 Å². The number of rotatable bonds is 4. The number of carbonyl (C=O) groups excluding carboxylic acids is 1. The molecule has 0 bridgehead atoms. The van der Waals surface area contributed by atoms with Crippen LogP contribution in [0.15, 0.2) is 23.1 Å². The molecule has 0 radical (unpaired) electrons. The van der Waals surface area contributed by atoms with Gasteiger partial charge < -0.3 is 15.8 Å². The molecule has 8 heteroatoms. The summed E-state index contributed by atoms with van der Waals surface area (Å²) < 4.78 is 32.0. The summed E-state index contributed by atoms with van der Waals surface area (Å²) in [4.78, 5) is 11.1. The molecule has 1 amide bonds. The van der Waals surface area contributed by atoms with Crippen LogP contribution in [0.1, 0.15) is 12.8 Å². The van der Waals surface area contributed by atoms with Crippen molar-refractivity contribution in [1.82, 2.24) is 10.0 Å². The van der Waals surface area contributed by atoms with Crippen molar-refractivity contribution < 1.29 is 17.9 Å². The highest BCUT2D eigenvalue weighted by atomic mass is 32.2. The Balaban J connectivity index is 2.16. The molecular formula is C12H17N3O4S. The number of sulfonamides is 1. The Morgan fingerprint density at radius 3 is 2.75 bits per heavy atom. The highest BCUT2D eigenvalue weighted by molar-refractivity contribution is 7.89. The summed E-state index contributed by atoms with van der Waals surface area (Å²) in [6.07, 6.45) is 0.784. The lowest BCUT2D eigenvalue weighted by molar-refractivity contribution is -0.122. The molecule has 1 saturated heterocycles. The molecule has 1 heterocycles. The zero-order chi connectivity index (χ0) is 14.8. The SMILES string of the molecule is COc1ccc(S(=O)(=O)NC2CCC(=O)NC2)c(N)c1. The summed E-state index contributed by atoms with van der Waals surface area (Å²) in [7, 11) is -2.24. The minimum Gasteiger partial charge on any atom is -0.497 e. The number of amides is 1. The van der Waals surface area contributed by atoms with Gasteiger partial charge in [0.2, 0.25) is 15.9 Å². The molecule has 20 heavy (non-hydrogen) atoms. The normalized spacial score (nSPS) is 19.4. The maximum Gasteiger partial charge on any atom is 0.242 e. The molecule has 1 aromatic carbocycles. The molecule has 0 aromatic heterocycles. The van der Waals surface area contributed by atoms with E-state index in [0.29, 0.717) is 18.6 Å². The van der Waals surface area contributed by atoms with E-state index < -0.39 is 10.0 Å². The van der Waals surface area contributed by atoms with Crippen LogP contribution >= 0.6 is 0 Å². The van der Waals surface area contributed by atoms with Crippen molar-refractivity contribution in [3.05, 3.63) is 18.2 Å². The summed E-state index contributed by atoms with van der Waals surface area (Å²) in [5, 5.41) is 2.62. The number of benzene rings is 1. The molecule has 110 valence electrons. The van der Waals surface area contributed by atoms with Gasteiger partial charge in [0.25, 0.3) is 0 Å². The van der Waals surface area contributed by atoms with Crippen molar-refractivity contribution in [2.45, 2.75) is 23.8 Å². The van der Waals surface area contributed by atoms with E-state index in [0.717, 1.165) is 0 Å². The number of anilines is 1. The van der Waals surface area contributed by atoms with Crippen LogP contribution in [0.25, 0.3) is 0 Å². The number of nitrogen functional groups attached to an aromatic ring is 1. The summed E-state index contributed by atoms with van der Waals surface area (Å²) in [6, 6.07) is 4.07. The minimum absolute atomic E-state index is 0.00944. The van der Waals surface area contributed by atoms with E-state index in [1.165, 1.54) is 25.3 Å². The topological polar surface area (TPSA) is 111 Å². The number of hydrogen-bond donors (Lipinski definition) is 3. The first-order valence-corrected chi connectivity index (χ1v) is 7.63. The van der Waals surface area contributed by atoms with Crippen LogP contribution in [0.5, 0.6) is 5.75 Å². The van der Waals surface area contributed by atoms with Crippen LogP contribution in [0.4, 0.5) is 5.69 Å². The predicted octanol–water partition coefficient (Wildman–Crippen LogP) is -0.166. The van der Waals surface area contributed by atoms with E-state index in [4.69, 9.17) is 10.5 Å². The van der Waals surface area contributed by atoms with Gasteiger partial charge in [-0.2, -0.15) is 0 Å². The molecule has 0 spiro atoms. The third-order valence-corrected chi connectivity index (χ3v) is 4.69. The number of ether oxygens (including phenoxy) is 1. The highest BCUT2D eigenvalue weighted by Gasteiger charge is 2.25. The predicted molar refractivity (Wildman–Crippen MR) is 73.8 cm³/mol. The molecule has 1 aromatic rings. The maximum atomic E-state index is 12.3. The molecule has 1 aliphatic rings. The molecular weight excluding hydrogens is 282 g/mol. The summed E-state index contributed by atoms with van der Waals surface area (Å²) >= 11 is 0. The van der Waals surface area contributed by atoms with Gasteiger partial charge >= 0.3 is 0 Å². The molecule has 0 aliphatic carbocycles. The Hall–Kier alpha value is -1.80. The Morgan fingerprint density at radius 1 is 1.45 bits per heavy atom. The molecule has 1 aliphatic heterocycles. The van der Waals surface area contributed by atoms with Crippen LogP contribution < -0.4 is 20.5 Å². The molecule has 4 N–H and O–H groups in total. The standard InChI is InChI=1S/C12H17N3O4S/c1-19-9-3-4-11(10(13)6-9)20(17,18)15-8-2-5-12(16)14-7-8/h3-4,6,8,15H,2,5,7,13H2,1H3,(H,14,16). The second kappa shape index (κ2) is 5.68. The smallest absolute Gasteiger partial charge is 0.242 e. The van der Waals surface area contributed by atoms with Gasteiger partial charge in [-0.05, 0) is 18.6 Å². The van der Waals surface area contributed by atoms with Gasteiger partial charge in [-0.3, -0.25) is 4.79 Å². The van der Waals surface area contributed by atoms with Crippen molar-refractivity contribution in [3.8, 4) is 5.75 Å². The molecule has 7 nitrogen and oxygen atoms in total. The third kappa shape index (κ3) is 3.20. The number of piperidine rings is 1. The van der Waals surface area contributed by atoms with Crippen molar-refractivity contribution in [3.63, 3.8) is 0 Å². The number of nitrogens with two attached hydrogens (primary N) is 1. The number of hydrogen-bond acceptors (Lipinski definition) is 5. The second-order valence-electron chi connectivity index (χ2n) is 4.56. The van der Waals surface area contributed by atoms with E-state index in [-0.39, 0.29) is 29.1 Å². The fraction of sp³-hybridized carbons (Fsp3) is 0.417. The average molecular weight is 299 g/mol. The Bertz CT molecular complexity index is 605. The second-order valence-corrected chi connectivity index (χ2v) is 6.25. The van der Waals surface area contributed by atoms with E-state index in [9.17, 15) is 13.2 Å². The number of carbonyl (C=O) groups is 1. The Kier molecular flexibility index (Phi) is 4.15. The van der Waals surface area contributed by atoms with Crippen molar-refractivity contribution >= 4 is 21.6 Å². The van der Waals surface area contributed by atoms with Gasteiger partial charge in [0.15, 0.2) is 0 Å². The summed E-state index contributed by atoms with van der Waals surface area (Å²) in [5.74, 6) is 0.427. The molecule has 1 unspecified atom stereocenters. The van der Waals surface area contributed by atoms with Crippen molar-refractivity contribution in [1.29, 1.82) is 0 Å². The van der Waals surface area contributed by atoms with E-state index in [1.54, 1.807) is 0 Å². The first-order valence-electron chi connectivity index (χ1n) is 6.15. The quantitative estimate of drug-likeness (QED) is 0.669. The molecule has 1 atom stereocenters. The first kappa shape index (κ1) is 14.6. The van der Waals surface area contributed by atoms with Gasteiger partial charge in [0, 0.05) is 25.1 Å². The van der Waals surface area contributed by atoms with Crippen LogP contribution in [-0.4, -0.2) is 34.0 Å². The van der Waals surface area contributed by atoms with Crippen LogP contribution in [-0.2, 0) is 14.8 Å². The number of methoxy groups -OCH3 is 1. The van der Waals surface area contributed by atoms with Crippen LogP contribution in [0.3, 0.4) is 0 Å². The zero-order valence-electron chi connectivity index (χ0n) is 11.0. The summed E-state index contributed by atoms with van der Waals surface area (Å²) in [6.45, 7) is 0.286. The average Bonchev–Trinajstić information content (AvgIpc) is 2.40. The molecule has 2 rings (SSSR count). The molecule has 1 fully saturated rings. The fourth-order valence-corrected chi connectivity index (χ4v) is 3.40. The van der Waals surface area contributed by atoms with Gasteiger partial charge in [0.05, 0.1) is 12.8 Å². The van der Waals surface area contributed by atoms with Gasteiger partial charge in [-0.25, -0.2) is 13.1 Å². The van der Waals surface area contributed by atoms with E-state index in [2.05, 4.69) is 10.0 Å². The Morgan fingerprint density at radius 2 is 2.20 bits per heavy atom. The zero-order valence-corrected chi connectivity index (χ0v) is 11.9.